The van der Waals surface area contributed by atoms with Crippen LogP contribution < -0.4 is 4.74 Å². The van der Waals surface area contributed by atoms with Crippen LogP contribution in [0.3, 0.4) is 0 Å². The summed E-state index contributed by atoms with van der Waals surface area (Å²) >= 11 is 5.55. The molecule has 14 heavy (non-hydrogen) atoms. The van der Waals surface area contributed by atoms with Gasteiger partial charge in [-0.15, -0.1) is 0 Å². The number of ether oxygens (including phenoxy) is 2. The lowest BCUT2D eigenvalue weighted by molar-refractivity contribution is -0.145. The van der Waals surface area contributed by atoms with Crippen LogP contribution in [0, 0.1) is 0 Å². The highest BCUT2D eigenvalue weighted by molar-refractivity contribution is 6.29. The van der Waals surface area contributed by atoms with E-state index >= 15 is 0 Å². The standard InChI is InChI=1S/C8H9ClN2O3/c1-2-13-8(12)5-14-7-4-10-3-6(9)11-7/h3-4H,2,5H2,1H3. The molecule has 1 aromatic rings. The molecule has 1 aromatic heterocycles. The molecule has 0 aliphatic heterocycles. The normalized spacial score (nSPS) is 9.57. The van der Waals surface area contributed by atoms with Crippen LogP contribution in [0.25, 0.3) is 0 Å². The number of rotatable bonds is 4. The minimum atomic E-state index is -0.450. The van der Waals surface area contributed by atoms with Gasteiger partial charge in [0.15, 0.2) is 11.8 Å². The van der Waals surface area contributed by atoms with Gasteiger partial charge in [-0.25, -0.2) is 4.79 Å². The number of carbonyl (C=O) groups is 1. The van der Waals surface area contributed by atoms with Gasteiger partial charge >= 0.3 is 5.97 Å². The van der Waals surface area contributed by atoms with Gasteiger partial charge in [0, 0.05) is 0 Å². The summed E-state index contributed by atoms with van der Waals surface area (Å²) in [6.45, 7) is 1.85. The Balaban J connectivity index is 2.41. The molecule has 0 aliphatic carbocycles. The summed E-state index contributed by atoms with van der Waals surface area (Å²) in [6, 6.07) is 0. The molecule has 0 unspecified atom stereocenters. The first-order valence-corrected chi connectivity index (χ1v) is 4.36. The van der Waals surface area contributed by atoms with Crippen LogP contribution in [0.1, 0.15) is 6.92 Å². The zero-order chi connectivity index (χ0) is 10.4. The summed E-state index contributed by atoms with van der Waals surface area (Å²) in [5, 5.41) is 0.214. The Labute approximate surface area is 86.0 Å². The van der Waals surface area contributed by atoms with Crippen molar-refractivity contribution < 1.29 is 14.3 Å². The highest BCUT2D eigenvalue weighted by Gasteiger charge is 2.04. The molecule has 0 amide bonds. The Bertz CT molecular complexity index is 319. The molecule has 0 saturated carbocycles. The number of aromatic nitrogens is 2. The van der Waals surface area contributed by atoms with E-state index in [0.717, 1.165) is 0 Å². The Kier molecular flexibility index (Phi) is 4.12. The van der Waals surface area contributed by atoms with Gasteiger partial charge in [0.2, 0.25) is 5.88 Å². The largest absolute Gasteiger partial charge is 0.465 e. The third kappa shape index (κ3) is 3.57. The van der Waals surface area contributed by atoms with Gasteiger partial charge in [0.1, 0.15) is 0 Å². The van der Waals surface area contributed by atoms with E-state index in [4.69, 9.17) is 16.3 Å². The minimum Gasteiger partial charge on any atom is -0.465 e. The molecule has 0 atom stereocenters. The summed E-state index contributed by atoms with van der Waals surface area (Å²) in [6.07, 6.45) is 2.74. The third-order valence-corrected chi connectivity index (χ3v) is 1.41. The molecule has 0 aromatic carbocycles. The monoisotopic (exact) mass is 216 g/mol. The van der Waals surface area contributed by atoms with E-state index in [1.165, 1.54) is 12.4 Å². The second-order valence-electron chi connectivity index (χ2n) is 2.27. The third-order valence-electron chi connectivity index (χ3n) is 1.23. The number of esters is 1. The van der Waals surface area contributed by atoms with Crippen molar-refractivity contribution in [1.82, 2.24) is 9.97 Å². The molecule has 1 heterocycles. The summed E-state index contributed by atoms with van der Waals surface area (Å²) in [5.74, 6) is -0.250. The molecule has 0 radical (unpaired) electrons. The van der Waals surface area contributed by atoms with E-state index in [2.05, 4.69) is 14.7 Å². The first kappa shape index (κ1) is 10.7. The van der Waals surface area contributed by atoms with Gasteiger partial charge in [-0.05, 0) is 6.92 Å². The van der Waals surface area contributed by atoms with Crippen molar-refractivity contribution in [3.8, 4) is 5.88 Å². The predicted octanol–water partition coefficient (Wildman–Crippen LogP) is 1.07. The highest BCUT2D eigenvalue weighted by Crippen LogP contribution is 2.08. The molecule has 0 fully saturated rings. The van der Waals surface area contributed by atoms with E-state index < -0.39 is 5.97 Å². The van der Waals surface area contributed by atoms with Crippen LogP contribution in [0.15, 0.2) is 12.4 Å². The van der Waals surface area contributed by atoms with Crippen LogP contribution in [0.2, 0.25) is 5.15 Å². The van der Waals surface area contributed by atoms with Crippen LogP contribution in [0.4, 0.5) is 0 Å². The maximum Gasteiger partial charge on any atom is 0.344 e. The molecule has 1 rings (SSSR count). The van der Waals surface area contributed by atoms with Crippen molar-refractivity contribution in [2.45, 2.75) is 6.92 Å². The van der Waals surface area contributed by atoms with E-state index in [0.29, 0.717) is 6.61 Å². The van der Waals surface area contributed by atoms with E-state index in [9.17, 15) is 4.79 Å². The topological polar surface area (TPSA) is 61.3 Å². The lowest BCUT2D eigenvalue weighted by Gasteiger charge is -2.03. The maximum absolute atomic E-state index is 10.9. The molecule has 0 N–H and O–H groups in total. The molecule has 5 nitrogen and oxygen atoms in total. The molecule has 76 valence electrons. The molecule has 0 bridgehead atoms. The lowest BCUT2D eigenvalue weighted by atomic mass is 10.7. The Morgan fingerprint density at radius 1 is 1.57 bits per heavy atom. The Morgan fingerprint density at radius 2 is 2.36 bits per heavy atom. The molecule has 0 saturated heterocycles. The van der Waals surface area contributed by atoms with Gasteiger partial charge in [0.25, 0.3) is 0 Å². The first-order chi connectivity index (χ1) is 6.72. The van der Waals surface area contributed by atoms with Crippen LogP contribution in [0.5, 0.6) is 5.88 Å². The zero-order valence-corrected chi connectivity index (χ0v) is 8.32. The van der Waals surface area contributed by atoms with Crippen LogP contribution in [-0.2, 0) is 9.53 Å². The number of halogens is 1. The average molecular weight is 217 g/mol. The Morgan fingerprint density at radius 3 is 3.00 bits per heavy atom. The second-order valence-corrected chi connectivity index (χ2v) is 2.66. The summed E-state index contributed by atoms with van der Waals surface area (Å²) in [4.78, 5) is 18.4. The highest BCUT2D eigenvalue weighted by atomic mass is 35.5. The molecular weight excluding hydrogens is 208 g/mol. The molecule has 6 heteroatoms. The maximum atomic E-state index is 10.9. The van der Waals surface area contributed by atoms with Crippen LogP contribution >= 0.6 is 11.6 Å². The summed E-state index contributed by atoms with van der Waals surface area (Å²) < 4.78 is 9.62. The fourth-order valence-electron chi connectivity index (χ4n) is 0.731. The number of carbonyl (C=O) groups excluding carboxylic acids is 1. The Hall–Kier alpha value is -1.36. The number of hydrogen-bond donors (Lipinski definition) is 0. The zero-order valence-electron chi connectivity index (χ0n) is 7.57. The predicted molar refractivity (Wildman–Crippen MR) is 49.2 cm³/mol. The fraction of sp³-hybridized carbons (Fsp3) is 0.375. The smallest absolute Gasteiger partial charge is 0.344 e. The van der Waals surface area contributed by atoms with Crippen molar-refractivity contribution in [2.24, 2.45) is 0 Å². The van der Waals surface area contributed by atoms with E-state index in [1.54, 1.807) is 6.92 Å². The lowest BCUT2D eigenvalue weighted by Crippen LogP contribution is -2.15. The quantitative estimate of drug-likeness (QED) is 0.705. The van der Waals surface area contributed by atoms with Gasteiger partial charge in [-0.3, -0.25) is 4.98 Å². The van der Waals surface area contributed by atoms with Crippen molar-refractivity contribution in [1.29, 1.82) is 0 Å². The minimum absolute atomic E-state index is 0.192. The average Bonchev–Trinajstić information content (AvgIpc) is 2.15. The van der Waals surface area contributed by atoms with Crippen molar-refractivity contribution in [3.63, 3.8) is 0 Å². The van der Waals surface area contributed by atoms with Gasteiger partial charge in [-0.1, -0.05) is 11.6 Å². The van der Waals surface area contributed by atoms with Gasteiger partial charge in [0.05, 0.1) is 19.0 Å². The first-order valence-electron chi connectivity index (χ1n) is 3.98. The van der Waals surface area contributed by atoms with Gasteiger partial charge in [-0.2, -0.15) is 4.98 Å². The summed E-state index contributed by atoms with van der Waals surface area (Å²) in [5.41, 5.74) is 0. The SMILES string of the molecule is CCOC(=O)COc1cncc(Cl)n1. The summed E-state index contributed by atoms with van der Waals surface area (Å²) in [7, 11) is 0. The van der Waals surface area contributed by atoms with Crippen molar-refractivity contribution in [2.75, 3.05) is 13.2 Å². The molecular formula is C8H9ClN2O3. The second kappa shape index (κ2) is 5.39. The van der Waals surface area contributed by atoms with Crippen molar-refractivity contribution >= 4 is 17.6 Å². The molecule has 0 aliphatic rings. The fourth-order valence-corrected chi connectivity index (χ4v) is 0.870. The van der Waals surface area contributed by atoms with E-state index in [1.807, 2.05) is 0 Å². The van der Waals surface area contributed by atoms with E-state index in [-0.39, 0.29) is 17.6 Å². The number of nitrogens with zero attached hydrogens (tertiary/aromatic N) is 2. The van der Waals surface area contributed by atoms with Crippen LogP contribution in [-0.4, -0.2) is 29.2 Å². The van der Waals surface area contributed by atoms with Gasteiger partial charge < -0.3 is 9.47 Å². The number of hydrogen-bond acceptors (Lipinski definition) is 5. The van der Waals surface area contributed by atoms with Crippen molar-refractivity contribution in [3.05, 3.63) is 17.5 Å². The molecule has 0 spiro atoms.